The molecule has 196 valence electrons. The van der Waals surface area contributed by atoms with Gasteiger partial charge in [-0.15, -0.1) is 0 Å². The lowest BCUT2D eigenvalue weighted by molar-refractivity contribution is 0.271. The topological polar surface area (TPSA) is 97.9 Å². The average Bonchev–Trinajstić information content (AvgIpc) is 3.35. The second-order valence-corrected chi connectivity index (χ2v) is 10.0. The van der Waals surface area contributed by atoms with E-state index in [-0.39, 0.29) is 12.2 Å². The fourth-order valence-corrected chi connectivity index (χ4v) is 5.49. The molecule has 0 unspecified atom stereocenters. The number of aliphatic hydroxyl groups excluding tert-OH is 1. The molecule has 4 heterocycles. The predicted octanol–water partition coefficient (Wildman–Crippen LogP) is 5.11. The molecule has 0 saturated heterocycles. The highest BCUT2D eigenvalue weighted by molar-refractivity contribution is 6.29. The van der Waals surface area contributed by atoms with E-state index in [0.29, 0.717) is 35.7 Å². The van der Waals surface area contributed by atoms with Crippen molar-refractivity contribution in [2.24, 2.45) is 7.05 Å². The number of anilines is 1. The van der Waals surface area contributed by atoms with E-state index in [0.717, 1.165) is 49.7 Å². The molecule has 0 bridgehead atoms. The van der Waals surface area contributed by atoms with Crippen molar-refractivity contribution in [1.82, 2.24) is 24.3 Å². The summed E-state index contributed by atoms with van der Waals surface area (Å²) in [6.07, 6.45) is 4.24. The minimum atomic E-state index is -0.0786. The predicted molar refractivity (Wildman–Crippen MR) is 156 cm³/mol. The van der Waals surface area contributed by atoms with E-state index in [1.165, 1.54) is 0 Å². The lowest BCUT2D eigenvalue weighted by Gasteiger charge is -2.15. The van der Waals surface area contributed by atoms with Gasteiger partial charge in [0.2, 0.25) is 0 Å². The van der Waals surface area contributed by atoms with Gasteiger partial charge in [0.15, 0.2) is 0 Å². The highest BCUT2D eigenvalue weighted by Gasteiger charge is 2.17. The summed E-state index contributed by atoms with van der Waals surface area (Å²) in [4.78, 5) is 22.4. The van der Waals surface area contributed by atoms with E-state index in [1.807, 2.05) is 43.3 Å². The maximum absolute atomic E-state index is 13.3. The Morgan fingerprint density at radius 3 is 2.79 bits per heavy atom. The van der Waals surface area contributed by atoms with Crippen molar-refractivity contribution >= 4 is 50.0 Å². The van der Waals surface area contributed by atoms with Gasteiger partial charge in [-0.3, -0.25) is 14.3 Å². The maximum atomic E-state index is 13.3. The molecule has 0 atom stereocenters. The van der Waals surface area contributed by atoms with Gasteiger partial charge in [0.25, 0.3) is 5.56 Å². The molecule has 0 saturated carbocycles. The van der Waals surface area contributed by atoms with Crippen LogP contribution in [0.3, 0.4) is 0 Å². The van der Waals surface area contributed by atoms with Gasteiger partial charge in [0.1, 0.15) is 10.8 Å². The zero-order chi connectivity index (χ0) is 27.1. The fourth-order valence-electron chi connectivity index (χ4n) is 5.34. The quantitative estimate of drug-likeness (QED) is 0.274. The minimum absolute atomic E-state index is 0.0567. The maximum Gasteiger partial charge on any atom is 0.259 e. The summed E-state index contributed by atoms with van der Waals surface area (Å²) < 4.78 is 3.30. The number of hydrogen-bond donors (Lipinski definition) is 2. The molecule has 0 spiro atoms. The fraction of sp³-hybridized carbons (Fsp3) is 0.200. The Morgan fingerprint density at radius 1 is 1.08 bits per heavy atom. The molecule has 0 aliphatic heterocycles. The molecule has 8 nitrogen and oxygen atoms in total. The lowest BCUT2D eigenvalue weighted by atomic mass is 9.98. The number of aryl methyl sites for hydroxylation is 2. The molecular formula is C30H27ClN6O2. The number of nitrogens with one attached hydrogen (secondary N) is 1. The normalized spacial score (nSPS) is 11.6. The first kappa shape index (κ1) is 25.0. The number of benzene rings is 2. The van der Waals surface area contributed by atoms with E-state index >= 15 is 0 Å². The number of aromatic nitrogens is 5. The molecule has 6 rings (SSSR count). The smallest absolute Gasteiger partial charge is 0.259 e. The number of pyridine rings is 3. The zero-order valence-corrected chi connectivity index (χ0v) is 22.4. The first-order chi connectivity index (χ1) is 18.9. The van der Waals surface area contributed by atoms with E-state index in [4.69, 9.17) is 11.6 Å². The SMILES string of the molecule is Cc1cc(CCNc2ccc(Cl)nc2-c2ccc3ncccc3c2)c2c(c1)c(=O)n(C)c1c2cnn1CCO. The van der Waals surface area contributed by atoms with Crippen molar-refractivity contribution in [3.63, 3.8) is 0 Å². The molecule has 0 radical (unpaired) electrons. The van der Waals surface area contributed by atoms with Crippen LogP contribution in [0.2, 0.25) is 5.15 Å². The van der Waals surface area contributed by atoms with Crippen LogP contribution in [0.4, 0.5) is 5.69 Å². The van der Waals surface area contributed by atoms with Crippen LogP contribution < -0.4 is 10.9 Å². The van der Waals surface area contributed by atoms with Crippen molar-refractivity contribution in [3.05, 3.63) is 93.6 Å². The Balaban J connectivity index is 1.37. The van der Waals surface area contributed by atoms with E-state index in [2.05, 4.69) is 32.5 Å². The molecule has 4 aromatic heterocycles. The van der Waals surface area contributed by atoms with Gasteiger partial charge >= 0.3 is 0 Å². The first-order valence-electron chi connectivity index (χ1n) is 12.8. The van der Waals surface area contributed by atoms with E-state index in [1.54, 1.807) is 34.8 Å². The van der Waals surface area contributed by atoms with Crippen LogP contribution in [0.1, 0.15) is 11.1 Å². The number of fused-ring (bicyclic) bond motifs is 4. The highest BCUT2D eigenvalue weighted by atomic mass is 35.5. The van der Waals surface area contributed by atoms with Gasteiger partial charge in [0.05, 0.1) is 36.2 Å². The number of halogens is 1. The summed E-state index contributed by atoms with van der Waals surface area (Å²) in [5, 5.41) is 21.4. The number of nitrogens with zero attached hydrogens (tertiary/aromatic N) is 5. The van der Waals surface area contributed by atoms with E-state index in [9.17, 15) is 9.90 Å². The average molecular weight is 539 g/mol. The van der Waals surface area contributed by atoms with Crippen LogP contribution in [0.5, 0.6) is 0 Å². The van der Waals surface area contributed by atoms with E-state index < -0.39 is 0 Å². The van der Waals surface area contributed by atoms with Gasteiger partial charge in [-0.2, -0.15) is 5.10 Å². The molecule has 2 aromatic carbocycles. The Hall–Kier alpha value is -4.27. The Morgan fingerprint density at radius 2 is 1.95 bits per heavy atom. The van der Waals surface area contributed by atoms with Crippen molar-refractivity contribution in [2.45, 2.75) is 19.9 Å². The minimum Gasteiger partial charge on any atom is -0.394 e. The summed E-state index contributed by atoms with van der Waals surface area (Å²) in [6.45, 7) is 2.89. The largest absolute Gasteiger partial charge is 0.394 e. The second kappa shape index (κ2) is 10.1. The standard InChI is InChI=1S/C30H27ClN6O2/c1-18-14-20(27-22(15-18)30(39)36(2)29-23(27)17-34-37(29)12-13-38)9-11-33-25-7-8-26(31)35-28(25)21-5-6-24-19(16-21)4-3-10-32-24/h3-8,10,14-17,33,38H,9,11-13H2,1-2H3. The Labute approximate surface area is 229 Å². The van der Waals surface area contributed by atoms with Crippen LogP contribution in [0.15, 0.2) is 71.8 Å². The number of rotatable bonds is 7. The summed E-state index contributed by atoms with van der Waals surface area (Å²) in [5.41, 5.74) is 6.21. The summed E-state index contributed by atoms with van der Waals surface area (Å²) in [6, 6.07) is 17.8. The third kappa shape index (κ3) is 4.51. The van der Waals surface area contributed by atoms with Crippen LogP contribution in [0, 0.1) is 6.92 Å². The molecule has 9 heteroatoms. The van der Waals surface area contributed by atoms with Crippen LogP contribution in [-0.2, 0) is 20.0 Å². The molecule has 39 heavy (non-hydrogen) atoms. The molecular weight excluding hydrogens is 512 g/mol. The Kier molecular flexibility index (Phi) is 6.50. The van der Waals surface area contributed by atoms with Gasteiger partial charge in [-0.25, -0.2) is 9.67 Å². The lowest BCUT2D eigenvalue weighted by Crippen LogP contribution is -2.21. The van der Waals surface area contributed by atoms with Crippen molar-refractivity contribution in [2.75, 3.05) is 18.5 Å². The van der Waals surface area contributed by atoms with Crippen molar-refractivity contribution < 1.29 is 5.11 Å². The van der Waals surface area contributed by atoms with Gasteiger partial charge in [-0.05, 0) is 55.3 Å². The molecule has 0 aliphatic rings. The number of hydrogen-bond acceptors (Lipinski definition) is 6. The number of aliphatic hydroxyl groups is 1. The third-order valence-electron chi connectivity index (χ3n) is 7.06. The van der Waals surface area contributed by atoms with Gasteiger partial charge in [-0.1, -0.05) is 35.4 Å². The zero-order valence-electron chi connectivity index (χ0n) is 21.6. The summed E-state index contributed by atoms with van der Waals surface area (Å²) >= 11 is 6.30. The summed E-state index contributed by atoms with van der Waals surface area (Å²) in [7, 11) is 1.75. The van der Waals surface area contributed by atoms with Gasteiger partial charge in [0, 0.05) is 46.9 Å². The highest BCUT2D eigenvalue weighted by Crippen LogP contribution is 2.31. The molecule has 0 amide bonds. The van der Waals surface area contributed by atoms with Crippen molar-refractivity contribution in [3.8, 4) is 11.3 Å². The molecule has 0 aliphatic carbocycles. The first-order valence-corrected chi connectivity index (χ1v) is 13.2. The Bertz CT molecular complexity index is 1930. The molecule has 6 aromatic rings. The van der Waals surface area contributed by atoms with Crippen LogP contribution in [0.25, 0.3) is 44.0 Å². The second-order valence-electron chi connectivity index (χ2n) is 9.66. The molecule has 0 fully saturated rings. The van der Waals surface area contributed by atoms with Crippen molar-refractivity contribution in [1.29, 1.82) is 0 Å². The third-order valence-corrected chi connectivity index (χ3v) is 7.27. The van der Waals surface area contributed by atoms with Gasteiger partial charge < -0.3 is 10.4 Å². The molecule has 2 N–H and O–H groups in total. The summed E-state index contributed by atoms with van der Waals surface area (Å²) in [5.74, 6) is 0. The van der Waals surface area contributed by atoms with Crippen LogP contribution >= 0.6 is 11.6 Å². The monoisotopic (exact) mass is 538 g/mol. The van der Waals surface area contributed by atoms with Crippen LogP contribution in [-0.4, -0.2) is 42.6 Å².